The molecule has 2 aliphatic heterocycles. The molecule has 0 saturated carbocycles. The summed E-state index contributed by atoms with van der Waals surface area (Å²) in [6.07, 6.45) is 8.96. The van der Waals surface area contributed by atoms with E-state index < -0.39 is 0 Å². The summed E-state index contributed by atoms with van der Waals surface area (Å²) in [5.74, 6) is 3.94. The molecule has 4 nitrogen and oxygen atoms in total. The number of piperidine rings is 1. The van der Waals surface area contributed by atoms with Crippen molar-refractivity contribution in [1.29, 1.82) is 0 Å². The van der Waals surface area contributed by atoms with Crippen LogP contribution in [-0.4, -0.2) is 36.1 Å². The van der Waals surface area contributed by atoms with Gasteiger partial charge in [0.05, 0.1) is 0 Å². The highest BCUT2D eigenvalue weighted by atomic mass is 15.2. The largest absolute Gasteiger partial charge is 0.356 e. The van der Waals surface area contributed by atoms with Gasteiger partial charge in [-0.05, 0) is 50.5 Å². The minimum Gasteiger partial charge on any atom is -0.356 e. The van der Waals surface area contributed by atoms with Crippen molar-refractivity contribution in [3.05, 3.63) is 47.8 Å². The third-order valence-corrected chi connectivity index (χ3v) is 6.05. The van der Waals surface area contributed by atoms with Gasteiger partial charge in [-0.2, -0.15) is 0 Å². The zero-order valence-electron chi connectivity index (χ0n) is 16.6. The molecule has 0 amide bonds. The Kier molecular flexibility index (Phi) is 5.90. The lowest BCUT2D eigenvalue weighted by molar-refractivity contribution is 0.402. The van der Waals surface area contributed by atoms with Crippen LogP contribution < -0.4 is 9.80 Å². The van der Waals surface area contributed by atoms with Crippen LogP contribution in [0.3, 0.4) is 0 Å². The van der Waals surface area contributed by atoms with Gasteiger partial charge in [-0.3, -0.25) is 0 Å². The first-order chi connectivity index (χ1) is 13.3. The van der Waals surface area contributed by atoms with Crippen molar-refractivity contribution in [1.82, 2.24) is 9.97 Å². The van der Waals surface area contributed by atoms with E-state index in [1.807, 2.05) is 6.92 Å². The van der Waals surface area contributed by atoms with Crippen LogP contribution in [0.25, 0.3) is 0 Å². The molecule has 0 atom stereocenters. The van der Waals surface area contributed by atoms with E-state index in [4.69, 9.17) is 9.97 Å². The standard InChI is InChI=1S/C23H32N4/c1-19-24-22(26-13-7-2-3-8-14-26)18-23(25-19)27-15-11-21(12-16-27)17-20-9-5-4-6-10-20/h4-6,9-10,18,21H,2-3,7-8,11-17H2,1H3. The molecule has 2 saturated heterocycles. The number of nitrogens with zero attached hydrogens (tertiary/aromatic N) is 4. The lowest BCUT2D eigenvalue weighted by Crippen LogP contribution is -2.35. The zero-order valence-corrected chi connectivity index (χ0v) is 16.6. The fourth-order valence-corrected chi connectivity index (χ4v) is 4.47. The molecular weight excluding hydrogens is 332 g/mol. The number of benzene rings is 1. The predicted molar refractivity (Wildman–Crippen MR) is 113 cm³/mol. The Labute approximate surface area is 163 Å². The number of anilines is 2. The van der Waals surface area contributed by atoms with Crippen molar-refractivity contribution >= 4 is 11.6 Å². The average Bonchev–Trinajstić information content (AvgIpc) is 2.98. The van der Waals surface area contributed by atoms with E-state index in [0.29, 0.717) is 0 Å². The summed E-state index contributed by atoms with van der Waals surface area (Å²) < 4.78 is 0. The van der Waals surface area contributed by atoms with Crippen molar-refractivity contribution in [2.45, 2.75) is 51.9 Å². The third kappa shape index (κ3) is 4.79. The second kappa shape index (κ2) is 8.73. The van der Waals surface area contributed by atoms with Gasteiger partial charge in [0, 0.05) is 32.2 Å². The molecule has 1 aromatic carbocycles. The third-order valence-electron chi connectivity index (χ3n) is 6.05. The Morgan fingerprint density at radius 1 is 0.815 bits per heavy atom. The van der Waals surface area contributed by atoms with Crippen LogP contribution in [0, 0.1) is 12.8 Å². The van der Waals surface area contributed by atoms with E-state index in [9.17, 15) is 0 Å². The summed E-state index contributed by atoms with van der Waals surface area (Å²) in [7, 11) is 0. The van der Waals surface area contributed by atoms with Gasteiger partial charge in [0.1, 0.15) is 17.5 Å². The predicted octanol–water partition coefficient (Wildman–Crippen LogP) is 4.62. The quantitative estimate of drug-likeness (QED) is 0.792. The molecule has 2 aromatic rings. The highest BCUT2D eigenvalue weighted by Crippen LogP contribution is 2.27. The van der Waals surface area contributed by atoms with Crippen molar-refractivity contribution in [2.75, 3.05) is 36.0 Å². The van der Waals surface area contributed by atoms with Crippen LogP contribution in [0.5, 0.6) is 0 Å². The summed E-state index contributed by atoms with van der Waals surface area (Å²) in [6, 6.07) is 13.2. The van der Waals surface area contributed by atoms with Crippen LogP contribution in [0.1, 0.15) is 49.9 Å². The Morgan fingerprint density at radius 2 is 1.41 bits per heavy atom. The monoisotopic (exact) mass is 364 g/mol. The molecule has 4 heteroatoms. The molecule has 0 aliphatic carbocycles. The van der Waals surface area contributed by atoms with Gasteiger partial charge < -0.3 is 9.80 Å². The maximum Gasteiger partial charge on any atom is 0.134 e. The van der Waals surface area contributed by atoms with Gasteiger partial charge in [-0.15, -0.1) is 0 Å². The molecule has 144 valence electrons. The molecule has 0 unspecified atom stereocenters. The molecule has 2 aliphatic rings. The fourth-order valence-electron chi connectivity index (χ4n) is 4.47. The van der Waals surface area contributed by atoms with E-state index in [2.05, 4.69) is 46.2 Å². The van der Waals surface area contributed by atoms with Crippen LogP contribution in [0.2, 0.25) is 0 Å². The summed E-state index contributed by atoms with van der Waals surface area (Å²) in [6.45, 7) is 6.51. The van der Waals surface area contributed by atoms with Crippen molar-refractivity contribution in [3.63, 3.8) is 0 Å². The van der Waals surface area contributed by atoms with Crippen LogP contribution in [0.4, 0.5) is 11.6 Å². The summed E-state index contributed by atoms with van der Waals surface area (Å²) in [5, 5.41) is 0. The van der Waals surface area contributed by atoms with E-state index in [0.717, 1.165) is 49.6 Å². The number of hydrogen-bond acceptors (Lipinski definition) is 4. The van der Waals surface area contributed by atoms with Gasteiger partial charge in [0.2, 0.25) is 0 Å². The Morgan fingerprint density at radius 3 is 2.04 bits per heavy atom. The minimum absolute atomic E-state index is 0.789. The molecule has 0 bridgehead atoms. The fraction of sp³-hybridized carbons (Fsp3) is 0.565. The van der Waals surface area contributed by atoms with Crippen molar-refractivity contribution < 1.29 is 0 Å². The zero-order chi connectivity index (χ0) is 18.5. The highest BCUT2D eigenvalue weighted by Gasteiger charge is 2.22. The van der Waals surface area contributed by atoms with E-state index in [1.165, 1.54) is 50.5 Å². The van der Waals surface area contributed by atoms with E-state index >= 15 is 0 Å². The minimum atomic E-state index is 0.789. The Balaban J connectivity index is 1.40. The van der Waals surface area contributed by atoms with Crippen LogP contribution >= 0.6 is 0 Å². The lowest BCUT2D eigenvalue weighted by Gasteiger charge is -2.33. The second-order valence-corrected chi connectivity index (χ2v) is 8.15. The average molecular weight is 365 g/mol. The molecule has 3 heterocycles. The van der Waals surface area contributed by atoms with Gasteiger partial charge in [0.25, 0.3) is 0 Å². The number of aromatic nitrogens is 2. The molecular formula is C23H32N4. The first kappa shape index (κ1) is 18.3. The summed E-state index contributed by atoms with van der Waals surface area (Å²) in [5.41, 5.74) is 1.47. The van der Waals surface area contributed by atoms with Gasteiger partial charge in [0.15, 0.2) is 0 Å². The summed E-state index contributed by atoms with van der Waals surface area (Å²) >= 11 is 0. The molecule has 4 rings (SSSR count). The van der Waals surface area contributed by atoms with Crippen LogP contribution in [0.15, 0.2) is 36.4 Å². The van der Waals surface area contributed by atoms with Gasteiger partial charge in [-0.1, -0.05) is 43.2 Å². The number of aryl methyl sites for hydroxylation is 1. The SMILES string of the molecule is Cc1nc(N2CCCCCC2)cc(N2CCC(Cc3ccccc3)CC2)n1. The molecule has 27 heavy (non-hydrogen) atoms. The lowest BCUT2D eigenvalue weighted by atomic mass is 9.90. The number of hydrogen-bond donors (Lipinski definition) is 0. The Bertz CT molecular complexity index is 714. The maximum absolute atomic E-state index is 4.77. The first-order valence-corrected chi connectivity index (χ1v) is 10.7. The van der Waals surface area contributed by atoms with Gasteiger partial charge >= 0.3 is 0 Å². The maximum atomic E-state index is 4.77. The molecule has 0 N–H and O–H groups in total. The molecule has 0 spiro atoms. The van der Waals surface area contributed by atoms with Crippen LogP contribution in [-0.2, 0) is 6.42 Å². The first-order valence-electron chi connectivity index (χ1n) is 10.7. The van der Waals surface area contributed by atoms with E-state index in [-0.39, 0.29) is 0 Å². The van der Waals surface area contributed by atoms with E-state index in [1.54, 1.807) is 0 Å². The second-order valence-electron chi connectivity index (χ2n) is 8.15. The molecule has 0 radical (unpaired) electrons. The highest BCUT2D eigenvalue weighted by molar-refractivity contribution is 5.51. The smallest absolute Gasteiger partial charge is 0.134 e. The normalized spacial score (nSPS) is 19.1. The summed E-state index contributed by atoms with van der Waals surface area (Å²) in [4.78, 5) is 14.5. The molecule has 2 fully saturated rings. The van der Waals surface area contributed by atoms with Gasteiger partial charge in [-0.25, -0.2) is 9.97 Å². The van der Waals surface area contributed by atoms with Crippen molar-refractivity contribution in [3.8, 4) is 0 Å². The molecule has 1 aromatic heterocycles. The Hall–Kier alpha value is -2.10. The number of rotatable bonds is 4. The topological polar surface area (TPSA) is 32.3 Å². The van der Waals surface area contributed by atoms with Crippen molar-refractivity contribution in [2.24, 2.45) is 5.92 Å².